The van der Waals surface area contributed by atoms with Gasteiger partial charge >= 0.3 is 11.9 Å². The molecule has 0 aliphatic heterocycles. The minimum Gasteiger partial charge on any atom is -0.481 e. The Labute approximate surface area is 89.6 Å². The molecule has 1 N–H and O–H groups in total. The van der Waals surface area contributed by atoms with Gasteiger partial charge in [0.05, 0.1) is 7.11 Å². The summed E-state index contributed by atoms with van der Waals surface area (Å²) in [7, 11) is 1.24. The van der Waals surface area contributed by atoms with E-state index in [1.807, 2.05) is 6.92 Å². The molecule has 0 bridgehead atoms. The number of carbonyl (C=O) groups is 2. The van der Waals surface area contributed by atoms with Gasteiger partial charge in [0, 0.05) is 0 Å². The molecule has 1 aliphatic rings. The quantitative estimate of drug-likeness (QED) is 0.575. The number of methoxy groups -OCH3 is 1. The Morgan fingerprint density at radius 2 is 1.80 bits per heavy atom. The molecule has 4 nitrogen and oxygen atoms in total. The van der Waals surface area contributed by atoms with Gasteiger partial charge in [0.15, 0.2) is 5.92 Å². The van der Waals surface area contributed by atoms with E-state index in [0.717, 1.165) is 32.1 Å². The summed E-state index contributed by atoms with van der Waals surface area (Å²) in [6.07, 6.45) is 4.70. The molecule has 86 valence electrons. The number of hydrogen-bond acceptors (Lipinski definition) is 3. The third-order valence-electron chi connectivity index (χ3n) is 3.38. The first-order valence-electron chi connectivity index (χ1n) is 5.32. The molecule has 0 spiro atoms. The zero-order valence-corrected chi connectivity index (χ0v) is 9.28. The zero-order valence-electron chi connectivity index (χ0n) is 9.28. The van der Waals surface area contributed by atoms with Crippen LogP contribution in [0.15, 0.2) is 0 Å². The molecule has 0 amide bonds. The van der Waals surface area contributed by atoms with Crippen molar-refractivity contribution in [2.24, 2.45) is 11.3 Å². The van der Waals surface area contributed by atoms with Crippen LogP contribution in [0.1, 0.15) is 39.0 Å². The first kappa shape index (κ1) is 12.0. The second-order valence-electron chi connectivity index (χ2n) is 4.51. The number of ether oxygens (including phenoxy) is 1. The SMILES string of the molecule is COC(=O)C(C(=O)O)C1(C)CCCCC1. The van der Waals surface area contributed by atoms with Crippen molar-refractivity contribution in [2.45, 2.75) is 39.0 Å². The lowest BCUT2D eigenvalue weighted by Crippen LogP contribution is -2.41. The molecule has 1 atom stereocenters. The molecule has 0 aromatic heterocycles. The van der Waals surface area contributed by atoms with Crippen LogP contribution in [0.3, 0.4) is 0 Å². The van der Waals surface area contributed by atoms with Gasteiger partial charge in [-0.2, -0.15) is 0 Å². The van der Waals surface area contributed by atoms with Gasteiger partial charge in [-0.1, -0.05) is 26.2 Å². The minimum atomic E-state index is -1.06. The van der Waals surface area contributed by atoms with E-state index < -0.39 is 23.3 Å². The number of rotatable bonds is 3. The maximum Gasteiger partial charge on any atom is 0.320 e. The molecule has 15 heavy (non-hydrogen) atoms. The fourth-order valence-corrected chi connectivity index (χ4v) is 2.45. The van der Waals surface area contributed by atoms with Crippen molar-refractivity contribution < 1.29 is 19.4 Å². The van der Waals surface area contributed by atoms with E-state index in [1.54, 1.807) is 0 Å². The number of carbonyl (C=O) groups excluding carboxylic acids is 1. The molecule has 1 rings (SSSR count). The highest BCUT2D eigenvalue weighted by atomic mass is 16.5. The average Bonchev–Trinajstić information content (AvgIpc) is 2.17. The maximum atomic E-state index is 11.5. The smallest absolute Gasteiger partial charge is 0.320 e. The van der Waals surface area contributed by atoms with Gasteiger partial charge in [-0.05, 0) is 18.3 Å². The maximum absolute atomic E-state index is 11.5. The molecule has 4 heteroatoms. The Balaban J connectivity index is 2.86. The van der Waals surface area contributed by atoms with Crippen molar-refractivity contribution in [2.75, 3.05) is 7.11 Å². The van der Waals surface area contributed by atoms with Crippen LogP contribution in [0.4, 0.5) is 0 Å². The lowest BCUT2D eigenvalue weighted by atomic mass is 9.67. The standard InChI is InChI=1S/C11H18O4/c1-11(6-4-3-5-7-11)8(9(12)13)10(14)15-2/h8H,3-7H2,1-2H3,(H,12,13). The van der Waals surface area contributed by atoms with Crippen molar-refractivity contribution >= 4 is 11.9 Å². The summed E-state index contributed by atoms with van der Waals surface area (Å²) in [6.45, 7) is 1.88. The Morgan fingerprint density at radius 1 is 1.27 bits per heavy atom. The predicted molar refractivity (Wildman–Crippen MR) is 54.3 cm³/mol. The van der Waals surface area contributed by atoms with E-state index in [9.17, 15) is 9.59 Å². The molecule has 1 saturated carbocycles. The Kier molecular flexibility index (Phi) is 3.72. The fourth-order valence-electron chi connectivity index (χ4n) is 2.45. The van der Waals surface area contributed by atoms with Gasteiger partial charge in [0.2, 0.25) is 0 Å². The van der Waals surface area contributed by atoms with Gasteiger partial charge in [-0.25, -0.2) is 0 Å². The van der Waals surface area contributed by atoms with E-state index in [1.165, 1.54) is 7.11 Å². The van der Waals surface area contributed by atoms with Gasteiger partial charge < -0.3 is 9.84 Å². The van der Waals surface area contributed by atoms with Crippen LogP contribution in [-0.2, 0) is 14.3 Å². The van der Waals surface area contributed by atoms with Crippen molar-refractivity contribution in [1.82, 2.24) is 0 Å². The van der Waals surface area contributed by atoms with Crippen molar-refractivity contribution in [3.8, 4) is 0 Å². The number of aliphatic carboxylic acids is 1. The van der Waals surface area contributed by atoms with E-state index in [-0.39, 0.29) is 0 Å². The molecule has 1 fully saturated rings. The normalized spacial score (nSPS) is 21.7. The van der Waals surface area contributed by atoms with Crippen molar-refractivity contribution in [3.63, 3.8) is 0 Å². The van der Waals surface area contributed by atoms with Crippen LogP contribution in [0.5, 0.6) is 0 Å². The lowest BCUT2D eigenvalue weighted by molar-refractivity contribution is -0.164. The van der Waals surface area contributed by atoms with E-state index in [2.05, 4.69) is 4.74 Å². The number of carboxylic acid groups (broad SMARTS) is 1. The van der Waals surface area contributed by atoms with Crippen LogP contribution in [-0.4, -0.2) is 24.2 Å². The molecule has 0 aromatic rings. The Bertz CT molecular complexity index is 253. The molecule has 1 aliphatic carbocycles. The highest BCUT2D eigenvalue weighted by Gasteiger charge is 2.45. The lowest BCUT2D eigenvalue weighted by Gasteiger charge is -2.36. The van der Waals surface area contributed by atoms with Crippen LogP contribution in [0.2, 0.25) is 0 Å². The summed E-state index contributed by atoms with van der Waals surface area (Å²) >= 11 is 0. The average molecular weight is 214 g/mol. The van der Waals surface area contributed by atoms with Crippen LogP contribution < -0.4 is 0 Å². The van der Waals surface area contributed by atoms with Crippen molar-refractivity contribution in [1.29, 1.82) is 0 Å². The molecule has 0 saturated heterocycles. The largest absolute Gasteiger partial charge is 0.481 e. The summed E-state index contributed by atoms with van der Waals surface area (Å²) < 4.78 is 4.57. The molecule has 0 radical (unpaired) electrons. The highest BCUT2D eigenvalue weighted by molar-refractivity contribution is 5.94. The fraction of sp³-hybridized carbons (Fsp3) is 0.818. The topological polar surface area (TPSA) is 63.6 Å². The number of hydrogen-bond donors (Lipinski definition) is 1. The molecule has 1 unspecified atom stereocenters. The summed E-state index contributed by atoms with van der Waals surface area (Å²) in [5, 5.41) is 9.09. The molecular formula is C11H18O4. The van der Waals surface area contributed by atoms with Gasteiger partial charge in [0.1, 0.15) is 0 Å². The second kappa shape index (κ2) is 4.64. The Morgan fingerprint density at radius 3 is 2.20 bits per heavy atom. The van der Waals surface area contributed by atoms with Crippen molar-refractivity contribution in [3.05, 3.63) is 0 Å². The summed E-state index contributed by atoms with van der Waals surface area (Å²) in [5.74, 6) is -2.69. The molecule has 0 aromatic carbocycles. The third kappa shape index (κ3) is 2.49. The van der Waals surface area contributed by atoms with E-state index in [4.69, 9.17) is 5.11 Å². The zero-order chi connectivity index (χ0) is 11.5. The number of carboxylic acids is 1. The number of esters is 1. The van der Waals surface area contributed by atoms with Gasteiger partial charge in [-0.15, -0.1) is 0 Å². The Hall–Kier alpha value is -1.06. The summed E-state index contributed by atoms with van der Waals surface area (Å²) in [6, 6.07) is 0. The van der Waals surface area contributed by atoms with Crippen LogP contribution in [0.25, 0.3) is 0 Å². The molecule has 0 heterocycles. The van der Waals surface area contributed by atoms with E-state index in [0.29, 0.717) is 0 Å². The summed E-state index contributed by atoms with van der Waals surface area (Å²) in [5.41, 5.74) is -0.433. The van der Waals surface area contributed by atoms with Gasteiger partial charge in [-0.3, -0.25) is 9.59 Å². The first-order chi connectivity index (χ1) is 7.01. The minimum absolute atomic E-state index is 0.433. The first-order valence-corrected chi connectivity index (χ1v) is 5.32. The second-order valence-corrected chi connectivity index (χ2v) is 4.51. The van der Waals surface area contributed by atoms with Crippen LogP contribution in [0, 0.1) is 11.3 Å². The van der Waals surface area contributed by atoms with E-state index >= 15 is 0 Å². The van der Waals surface area contributed by atoms with Gasteiger partial charge in [0.25, 0.3) is 0 Å². The third-order valence-corrected chi connectivity index (χ3v) is 3.38. The van der Waals surface area contributed by atoms with Crippen LogP contribution >= 0.6 is 0 Å². The predicted octanol–water partition coefficient (Wildman–Crippen LogP) is 1.83. The molecular weight excluding hydrogens is 196 g/mol. The summed E-state index contributed by atoms with van der Waals surface area (Å²) in [4.78, 5) is 22.6. The monoisotopic (exact) mass is 214 g/mol. The highest BCUT2D eigenvalue weighted by Crippen LogP contribution is 2.42.